The lowest BCUT2D eigenvalue weighted by Gasteiger charge is -2.47. The molecule has 2 saturated heterocycles. The van der Waals surface area contributed by atoms with E-state index >= 15 is 0 Å². The number of aliphatic hydroxyl groups is 1. The zero-order chi connectivity index (χ0) is 14.0. The Hall–Kier alpha value is -0.650. The van der Waals surface area contributed by atoms with Gasteiger partial charge < -0.3 is 20.1 Å². The van der Waals surface area contributed by atoms with E-state index in [-0.39, 0.29) is 6.54 Å². The number of methoxy groups -OCH3 is 1. The number of ether oxygens (including phenoxy) is 1. The van der Waals surface area contributed by atoms with Crippen LogP contribution in [0.15, 0.2) is 0 Å². The first kappa shape index (κ1) is 14.8. The SMILES string of the molecule is COC(=O)C(C)(O)CNC1CC2CCCC(C1)N2C. The van der Waals surface area contributed by atoms with Crippen LogP contribution in [0.5, 0.6) is 0 Å². The molecule has 0 spiro atoms. The van der Waals surface area contributed by atoms with Gasteiger partial charge in [-0.2, -0.15) is 0 Å². The summed E-state index contributed by atoms with van der Waals surface area (Å²) in [4.78, 5) is 13.9. The van der Waals surface area contributed by atoms with Gasteiger partial charge in [0.1, 0.15) is 0 Å². The molecule has 3 unspecified atom stereocenters. The van der Waals surface area contributed by atoms with Gasteiger partial charge in [0.15, 0.2) is 5.60 Å². The fourth-order valence-electron chi connectivity index (χ4n) is 3.42. The minimum atomic E-state index is -1.44. The molecule has 2 aliphatic heterocycles. The van der Waals surface area contributed by atoms with Crippen molar-refractivity contribution in [2.75, 3.05) is 20.7 Å². The Bertz CT molecular complexity index is 319. The third-order valence-electron chi connectivity index (χ3n) is 4.70. The number of hydrogen-bond acceptors (Lipinski definition) is 5. The zero-order valence-corrected chi connectivity index (χ0v) is 12.2. The third-order valence-corrected chi connectivity index (χ3v) is 4.70. The maximum Gasteiger partial charge on any atom is 0.338 e. The molecule has 2 bridgehead atoms. The van der Waals surface area contributed by atoms with Gasteiger partial charge in [0.2, 0.25) is 0 Å². The van der Waals surface area contributed by atoms with Crippen molar-refractivity contribution < 1.29 is 14.6 Å². The normalized spacial score (nSPS) is 34.6. The molecule has 110 valence electrons. The number of hydrogen-bond donors (Lipinski definition) is 2. The van der Waals surface area contributed by atoms with Crippen LogP contribution in [0.25, 0.3) is 0 Å². The molecule has 19 heavy (non-hydrogen) atoms. The molecule has 3 atom stereocenters. The maximum absolute atomic E-state index is 11.4. The molecular formula is C14H26N2O3. The van der Waals surface area contributed by atoms with Crippen LogP contribution in [-0.2, 0) is 9.53 Å². The second-order valence-corrected chi connectivity index (χ2v) is 6.22. The standard InChI is InChI=1S/C14H26N2O3/c1-14(18,13(17)19-3)9-15-10-7-11-5-4-6-12(8-10)16(11)2/h10-12,15,18H,4-9H2,1-3H3. The summed E-state index contributed by atoms with van der Waals surface area (Å²) in [5.74, 6) is -0.576. The van der Waals surface area contributed by atoms with Gasteiger partial charge in [0.25, 0.3) is 0 Å². The molecule has 2 rings (SSSR count). The lowest BCUT2D eigenvalue weighted by Crippen LogP contribution is -2.57. The highest BCUT2D eigenvalue weighted by Crippen LogP contribution is 2.32. The molecule has 0 radical (unpaired) electrons. The molecule has 2 fully saturated rings. The summed E-state index contributed by atoms with van der Waals surface area (Å²) in [7, 11) is 3.52. The number of nitrogens with zero attached hydrogens (tertiary/aromatic N) is 1. The van der Waals surface area contributed by atoms with Crippen LogP contribution in [0.2, 0.25) is 0 Å². The van der Waals surface area contributed by atoms with E-state index in [0.29, 0.717) is 18.1 Å². The number of piperidine rings is 2. The molecule has 0 aromatic heterocycles. The molecule has 0 amide bonds. The van der Waals surface area contributed by atoms with Crippen molar-refractivity contribution in [3.05, 3.63) is 0 Å². The first-order valence-corrected chi connectivity index (χ1v) is 7.20. The van der Waals surface area contributed by atoms with Crippen molar-refractivity contribution in [1.29, 1.82) is 0 Å². The quantitative estimate of drug-likeness (QED) is 0.729. The summed E-state index contributed by atoms with van der Waals surface area (Å²) in [6.45, 7) is 1.76. The Morgan fingerprint density at radius 1 is 1.42 bits per heavy atom. The molecule has 0 aromatic rings. The van der Waals surface area contributed by atoms with Crippen molar-refractivity contribution >= 4 is 5.97 Å². The van der Waals surface area contributed by atoms with E-state index in [1.54, 1.807) is 0 Å². The molecule has 2 N–H and O–H groups in total. The fourth-order valence-corrected chi connectivity index (χ4v) is 3.42. The first-order chi connectivity index (χ1) is 8.94. The zero-order valence-electron chi connectivity index (χ0n) is 12.2. The molecular weight excluding hydrogens is 244 g/mol. The summed E-state index contributed by atoms with van der Waals surface area (Å²) < 4.78 is 4.61. The Morgan fingerprint density at radius 3 is 2.53 bits per heavy atom. The van der Waals surface area contributed by atoms with Crippen molar-refractivity contribution in [2.24, 2.45) is 0 Å². The average molecular weight is 270 g/mol. The molecule has 5 heteroatoms. The lowest BCUT2D eigenvalue weighted by atomic mass is 9.82. The van der Waals surface area contributed by atoms with E-state index in [0.717, 1.165) is 12.8 Å². The number of rotatable bonds is 4. The highest BCUT2D eigenvalue weighted by molar-refractivity contribution is 5.78. The van der Waals surface area contributed by atoms with Crippen LogP contribution in [0.1, 0.15) is 39.0 Å². The van der Waals surface area contributed by atoms with Gasteiger partial charge in [-0.15, -0.1) is 0 Å². The Balaban J connectivity index is 1.86. The lowest BCUT2D eigenvalue weighted by molar-refractivity contribution is -0.160. The Kier molecular flexibility index (Phi) is 4.48. The fraction of sp³-hybridized carbons (Fsp3) is 0.929. The molecule has 0 aliphatic carbocycles. The number of nitrogens with one attached hydrogen (secondary N) is 1. The average Bonchev–Trinajstić information content (AvgIpc) is 2.36. The highest BCUT2D eigenvalue weighted by Gasteiger charge is 2.38. The second-order valence-electron chi connectivity index (χ2n) is 6.22. The Labute approximate surface area is 115 Å². The topological polar surface area (TPSA) is 61.8 Å². The van der Waals surface area contributed by atoms with Gasteiger partial charge >= 0.3 is 5.97 Å². The number of fused-ring (bicyclic) bond motifs is 2. The van der Waals surface area contributed by atoms with Crippen molar-refractivity contribution in [3.8, 4) is 0 Å². The first-order valence-electron chi connectivity index (χ1n) is 7.20. The van der Waals surface area contributed by atoms with E-state index in [2.05, 4.69) is 22.0 Å². The monoisotopic (exact) mass is 270 g/mol. The van der Waals surface area contributed by atoms with Gasteiger partial charge in [-0.05, 0) is 39.7 Å². The predicted octanol–water partition coefficient (Wildman–Crippen LogP) is 0.515. The van der Waals surface area contributed by atoms with E-state index in [1.165, 1.54) is 33.3 Å². The summed E-state index contributed by atoms with van der Waals surface area (Å²) in [5.41, 5.74) is -1.44. The van der Waals surface area contributed by atoms with Crippen LogP contribution in [-0.4, -0.2) is 60.4 Å². The van der Waals surface area contributed by atoms with Gasteiger partial charge in [-0.3, -0.25) is 0 Å². The van der Waals surface area contributed by atoms with E-state index in [1.807, 2.05) is 0 Å². The van der Waals surface area contributed by atoms with E-state index in [9.17, 15) is 9.90 Å². The molecule has 5 nitrogen and oxygen atoms in total. The number of carbonyl (C=O) groups excluding carboxylic acids is 1. The Morgan fingerprint density at radius 2 is 2.00 bits per heavy atom. The third kappa shape index (κ3) is 3.27. The maximum atomic E-state index is 11.4. The largest absolute Gasteiger partial charge is 0.467 e. The summed E-state index contributed by atoms with van der Waals surface area (Å²) in [5, 5.41) is 13.4. The van der Waals surface area contributed by atoms with Crippen LogP contribution >= 0.6 is 0 Å². The van der Waals surface area contributed by atoms with Crippen LogP contribution in [0.3, 0.4) is 0 Å². The van der Waals surface area contributed by atoms with E-state index in [4.69, 9.17) is 0 Å². The minimum absolute atomic E-state index is 0.257. The van der Waals surface area contributed by atoms with Crippen molar-refractivity contribution in [2.45, 2.75) is 62.8 Å². The molecule has 0 saturated carbocycles. The number of carbonyl (C=O) groups is 1. The molecule has 2 heterocycles. The summed E-state index contributed by atoms with van der Waals surface area (Å²) in [6.07, 6.45) is 6.05. The van der Waals surface area contributed by atoms with Crippen molar-refractivity contribution in [1.82, 2.24) is 10.2 Å². The molecule has 0 aromatic carbocycles. The highest BCUT2D eigenvalue weighted by atomic mass is 16.5. The smallest absolute Gasteiger partial charge is 0.338 e. The van der Waals surface area contributed by atoms with Gasteiger partial charge in [0, 0.05) is 24.7 Å². The van der Waals surface area contributed by atoms with Crippen molar-refractivity contribution in [3.63, 3.8) is 0 Å². The predicted molar refractivity (Wildman–Crippen MR) is 72.9 cm³/mol. The number of esters is 1. The van der Waals surface area contributed by atoms with E-state index < -0.39 is 11.6 Å². The van der Waals surface area contributed by atoms with Gasteiger partial charge in [-0.25, -0.2) is 4.79 Å². The van der Waals surface area contributed by atoms with Crippen LogP contribution in [0, 0.1) is 0 Å². The van der Waals surface area contributed by atoms with Crippen LogP contribution in [0.4, 0.5) is 0 Å². The molecule has 2 aliphatic rings. The summed E-state index contributed by atoms with van der Waals surface area (Å²) in [6, 6.07) is 1.68. The van der Waals surface area contributed by atoms with Crippen LogP contribution < -0.4 is 5.32 Å². The second kappa shape index (κ2) is 5.77. The minimum Gasteiger partial charge on any atom is -0.467 e. The van der Waals surface area contributed by atoms with Gasteiger partial charge in [-0.1, -0.05) is 6.42 Å². The summed E-state index contributed by atoms with van der Waals surface area (Å²) >= 11 is 0. The van der Waals surface area contributed by atoms with Gasteiger partial charge in [0.05, 0.1) is 7.11 Å².